The predicted octanol–water partition coefficient (Wildman–Crippen LogP) is 4.18. The van der Waals surface area contributed by atoms with E-state index in [1.165, 1.54) is 0 Å². The largest absolute Gasteiger partial charge is 0.497 e. The average Bonchev–Trinajstić information content (AvgIpc) is 2.84. The Hall–Kier alpha value is -1.81. The van der Waals surface area contributed by atoms with Crippen LogP contribution in [0.4, 0.5) is 0 Å². The highest BCUT2D eigenvalue weighted by Gasteiger charge is 2.34. The van der Waals surface area contributed by atoms with Crippen molar-refractivity contribution >= 4 is 21.7 Å². The molecular formula is C17H15BrO3. The van der Waals surface area contributed by atoms with Crippen LogP contribution >= 0.6 is 15.9 Å². The third-order valence-corrected chi connectivity index (χ3v) is 4.41. The molecule has 0 radical (unpaired) electrons. The molecule has 0 spiro atoms. The number of methoxy groups -OCH3 is 2. The maximum atomic E-state index is 12.3. The second-order valence-corrected chi connectivity index (χ2v) is 5.94. The number of Topliss-reactive ketones (excluding diaryl/α,β-unsaturated/α-hetero) is 1. The SMILES string of the molecule is COc1cc(OC)c2c(c1)C(=O)CC2c1ccc(Br)cc1. The Bertz CT molecular complexity index is 692. The van der Waals surface area contributed by atoms with E-state index in [1.807, 2.05) is 30.3 Å². The molecule has 0 saturated carbocycles. The van der Waals surface area contributed by atoms with Gasteiger partial charge in [0, 0.05) is 34.0 Å². The lowest BCUT2D eigenvalue weighted by Crippen LogP contribution is -2.00. The van der Waals surface area contributed by atoms with Crippen molar-refractivity contribution in [2.75, 3.05) is 14.2 Å². The molecule has 0 heterocycles. The van der Waals surface area contributed by atoms with Gasteiger partial charge in [0.05, 0.1) is 14.2 Å². The summed E-state index contributed by atoms with van der Waals surface area (Å²) < 4.78 is 11.8. The van der Waals surface area contributed by atoms with Gasteiger partial charge in [-0.2, -0.15) is 0 Å². The molecule has 108 valence electrons. The first-order chi connectivity index (χ1) is 10.1. The van der Waals surface area contributed by atoms with E-state index in [2.05, 4.69) is 15.9 Å². The van der Waals surface area contributed by atoms with E-state index in [0.29, 0.717) is 23.5 Å². The Morgan fingerprint density at radius 1 is 1.10 bits per heavy atom. The molecule has 0 bridgehead atoms. The van der Waals surface area contributed by atoms with E-state index in [0.717, 1.165) is 15.6 Å². The first-order valence-electron chi connectivity index (χ1n) is 6.68. The van der Waals surface area contributed by atoms with E-state index in [4.69, 9.17) is 9.47 Å². The summed E-state index contributed by atoms with van der Waals surface area (Å²) in [6.45, 7) is 0. The minimum atomic E-state index is 0.0430. The van der Waals surface area contributed by atoms with Crippen LogP contribution in [0.5, 0.6) is 11.5 Å². The Balaban J connectivity index is 2.14. The summed E-state index contributed by atoms with van der Waals surface area (Å²) in [5, 5.41) is 0. The van der Waals surface area contributed by atoms with Crippen LogP contribution in [0.3, 0.4) is 0 Å². The van der Waals surface area contributed by atoms with Crippen molar-refractivity contribution in [2.45, 2.75) is 12.3 Å². The molecule has 1 aliphatic carbocycles. The number of ether oxygens (including phenoxy) is 2. The number of hydrogen-bond donors (Lipinski definition) is 0. The van der Waals surface area contributed by atoms with Gasteiger partial charge in [-0.1, -0.05) is 28.1 Å². The number of carbonyl (C=O) groups excluding carboxylic acids is 1. The Labute approximate surface area is 132 Å². The standard InChI is InChI=1S/C17H15BrO3/c1-20-12-7-14-15(19)9-13(17(14)16(8-12)21-2)10-3-5-11(18)6-4-10/h3-8,13H,9H2,1-2H3. The highest BCUT2D eigenvalue weighted by Crippen LogP contribution is 2.45. The molecule has 1 atom stereocenters. The van der Waals surface area contributed by atoms with E-state index < -0.39 is 0 Å². The van der Waals surface area contributed by atoms with E-state index in [1.54, 1.807) is 20.3 Å². The first-order valence-corrected chi connectivity index (χ1v) is 7.48. The predicted molar refractivity (Wildman–Crippen MR) is 84.5 cm³/mol. The molecule has 0 amide bonds. The maximum absolute atomic E-state index is 12.3. The zero-order chi connectivity index (χ0) is 15.0. The fraction of sp³-hybridized carbons (Fsp3) is 0.235. The molecule has 0 fully saturated rings. The van der Waals surface area contributed by atoms with Crippen LogP contribution in [0.15, 0.2) is 40.9 Å². The zero-order valence-corrected chi connectivity index (χ0v) is 13.4. The average molecular weight is 347 g/mol. The van der Waals surface area contributed by atoms with Gasteiger partial charge in [-0.3, -0.25) is 4.79 Å². The number of hydrogen-bond acceptors (Lipinski definition) is 3. The summed E-state index contributed by atoms with van der Waals surface area (Å²) in [4.78, 5) is 12.3. The van der Waals surface area contributed by atoms with Gasteiger partial charge < -0.3 is 9.47 Å². The summed E-state index contributed by atoms with van der Waals surface area (Å²) in [5.74, 6) is 1.54. The molecule has 1 aliphatic rings. The number of fused-ring (bicyclic) bond motifs is 1. The van der Waals surface area contributed by atoms with Crippen molar-refractivity contribution in [3.05, 3.63) is 57.6 Å². The van der Waals surface area contributed by atoms with Crippen LogP contribution in [0.2, 0.25) is 0 Å². The van der Waals surface area contributed by atoms with Gasteiger partial charge in [0.15, 0.2) is 5.78 Å². The van der Waals surface area contributed by atoms with Gasteiger partial charge in [0.2, 0.25) is 0 Å². The van der Waals surface area contributed by atoms with Gasteiger partial charge in [0.1, 0.15) is 11.5 Å². The fourth-order valence-electron chi connectivity index (χ4n) is 2.86. The summed E-state index contributed by atoms with van der Waals surface area (Å²) in [7, 11) is 3.21. The molecule has 2 aromatic rings. The van der Waals surface area contributed by atoms with Crippen LogP contribution in [-0.2, 0) is 0 Å². The van der Waals surface area contributed by atoms with Gasteiger partial charge in [-0.15, -0.1) is 0 Å². The summed E-state index contributed by atoms with van der Waals surface area (Å²) in [6, 6.07) is 11.7. The fourth-order valence-corrected chi connectivity index (χ4v) is 3.12. The smallest absolute Gasteiger partial charge is 0.164 e. The van der Waals surface area contributed by atoms with Crippen LogP contribution in [0, 0.1) is 0 Å². The van der Waals surface area contributed by atoms with Crippen molar-refractivity contribution in [1.29, 1.82) is 0 Å². The number of carbonyl (C=O) groups is 1. The molecule has 3 nitrogen and oxygen atoms in total. The Morgan fingerprint density at radius 3 is 2.43 bits per heavy atom. The minimum Gasteiger partial charge on any atom is -0.497 e. The van der Waals surface area contributed by atoms with Crippen LogP contribution < -0.4 is 9.47 Å². The minimum absolute atomic E-state index is 0.0430. The quantitative estimate of drug-likeness (QED) is 0.835. The van der Waals surface area contributed by atoms with Gasteiger partial charge in [-0.25, -0.2) is 0 Å². The van der Waals surface area contributed by atoms with Gasteiger partial charge >= 0.3 is 0 Å². The van der Waals surface area contributed by atoms with Crippen molar-refractivity contribution in [3.63, 3.8) is 0 Å². The first kappa shape index (κ1) is 14.1. The molecule has 21 heavy (non-hydrogen) atoms. The lowest BCUT2D eigenvalue weighted by molar-refractivity contribution is 0.0991. The molecule has 3 rings (SSSR count). The number of rotatable bonds is 3. The lowest BCUT2D eigenvalue weighted by Gasteiger charge is -2.16. The number of benzene rings is 2. The Kier molecular flexibility index (Phi) is 3.72. The van der Waals surface area contributed by atoms with Crippen molar-refractivity contribution < 1.29 is 14.3 Å². The van der Waals surface area contributed by atoms with Gasteiger partial charge in [0.25, 0.3) is 0 Å². The van der Waals surface area contributed by atoms with Crippen molar-refractivity contribution in [2.24, 2.45) is 0 Å². The molecule has 2 aromatic carbocycles. The highest BCUT2D eigenvalue weighted by atomic mass is 79.9. The zero-order valence-electron chi connectivity index (χ0n) is 11.9. The highest BCUT2D eigenvalue weighted by molar-refractivity contribution is 9.10. The Morgan fingerprint density at radius 2 is 1.81 bits per heavy atom. The van der Waals surface area contributed by atoms with Crippen molar-refractivity contribution in [3.8, 4) is 11.5 Å². The second kappa shape index (κ2) is 5.53. The molecule has 4 heteroatoms. The number of ketones is 1. The molecule has 0 aromatic heterocycles. The van der Waals surface area contributed by atoms with Gasteiger partial charge in [-0.05, 0) is 23.8 Å². The molecular weight excluding hydrogens is 332 g/mol. The molecule has 0 N–H and O–H groups in total. The lowest BCUT2D eigenvalue weighted by atomic mass is 9.92. The monoisotopic (exact) mass is 346 g/mol. The topological polar surface area (TPSA) is 35.5 Å². The maximum Gasteiger partial charge on any atom is 0.164 e. The van der Waals surface area contributed by atoms with Crippen molar-refractivity contribution in [1.82, 2.24) is 0 Å². The molecule has 0 aliphatic heterocycles. The third kappa shape index (κ3) is 2.44. The third-order valence-electron chi connectivity index (χ3n) is 3.88. The van der Waals surface area contributed by atoms with Crippen LogP contribution in [0.1, 0.15) is 33.8 Å². The van der Waals surface area contributed by atoms with E-state index in [9.17, 15) is 4.79 Å². The number of halogens is 1. The normalized spacial score (nSPS) is 16.7. The van der Waals surface area contributed by atoms with Crippen LogP contribution in [0.25, 0.3) is 0 Å². The molecule has 0 saturated heterocycles. The molecule has 1 unspecified atom stereocenters. The summed E-state index contributed by atoms with van der Waals surface area (Å²) >= 11 is 3.44. The van der Waals surface area contributed by atoms with Crippen LogP contribution in [-0.4, -0.2) is 20.0 Å². The summed E-state index contributed by atoms with van der Waals surface area (Å²) in [6.07, 6.45) is 0.473. The van der Waals surface area contributed by atoms with E-state index >= 15 is 0 Å². The van der Waals surface area contributed by atoms with E-state index in [-0.39, 0.29) is 11.7 Å². The second-order valence-electron chi connectivity index (χ2n) is 5.02. The summed E-state index contributed by atoms with van der Waals surface area (Å²) in [5.41, 5.74) is 2.79.